The first kappa shape index (κ1) is 16.7. The summed E-state index contributed by atoms with van der Waals surface area (Å²) in [5, 5.41) is 5.09. The lowest BCUT2D eigenvalue weighted by Crippen LogP contribution is -2.45. The summed E-state index contributed by atoms with van der Waals surface area (Å²) in [4.78, 5) is 53.9. The fourth-order valence-electron chi connectivity index (χ4n) is 2.94. The van der Waals surface area contributed by atoms with Crippen molar-refractivity contribution in [3.63, 3.8) is 0 Å². The number of fused-ring (bicyclic) bond motifs is 2. The maximum Gasteiger partial charge on any atom is 0.263 e. The molecule has 1 aromatic heterocycles. The number of ether oxygens (including phenoxy) is 1. The molecular weight excluding hydrogens is 352 g/mol. The molecule has 2 aromatic rings. The summed E-state index contributed by atoms with van der Waals surface area (Å²) in [5.74, 6) is -1.22. The van der Waals surface area contributed by atoms with E-state index in [-0.39, 0.29) is 35.3 Å². The number of benzene rings is 1. The zero-order valence-corrected chi connectivity index (χ0v) is 14.2. The highest BCUT2D eigenvalue weighted by molar-refractivity contribution is 6.23. The van der Waals surface area contributed by atoms with Crippen molar-refractivity contribution in [1.29, 1.82) is 0 Å². The fourth-order valence-corrected chi connectivity index (χ4v) is 2.94. The van der Waals surface area contributed by atoms with Crippen LogP contribution < -0.4 is 15.4 Å². The van der Waals surface area contributed by atoms with Crippen LogP contribution >= 0.6 is 0 Å². The number of amides is 4. The van der Waals surface area contributed by atoms with Crippen molar-refractivity contribution in [3.8, 4) is 5.75 Å². The Morgan fingerprint density at radius 1 is 1.15 bits per heavy atom. The minimum Gasteiger partial charge on any atom is -0.480 e. The van der Waals surface area contributed by atoms with E-state index in [0.717, 1.165) is 4.90 Å². The summed E-state index contributed by atoms with van der Waals surface area (Å²) in [6, 6.07) is 8.44. The van der Waals surface area contributed by atoms with Crippen LogP contribution in [0.2, 0.25) is 0 Å². The van der Waals surface area contributed by atoms with E-state index in [1.54, 1.807) is 30.3 Å². The minimum absolute atomic E-state index is 0.100. The Morgan fingerprint density at radius 2 is 1.81 bits per heavy atom. The topological polar surface area (TPSA) is 118 Å². The first-order valence-electron chi connectivity index (χ1n) is 8.17. The molecule has 1 aromatic carbocycles. The van der Waals surface area contributed by atoms with E-state index in [0.29, 0.717) is 5.75 Å². The molecule has 0 saturated carbocycles. The molecule has 4 rings (SSSR count). The van der Waals surface area contributed by atoms with Crippen LogP contribution in [0.25, 0.3) is 0 Å². The second kappa shape index (κ2) is 6.20. The number of hydrogen-bond donors (Lipinski definition) is 2. The largest absolute Gasteiger partial charge is 0.480 e. The van der Waals surface area contributed by atoms with E-state index in [1.165, 1.54) is 13.0 Å². The van der Waals surface area contributed by atoms with Crippen LogP contribution in [0, 0.1) is 0 Å². The predicted octanol–water partition coefficient (Wildman–Crippen LogP) is 1.04. The summed E-state index contributed by atoms with van der Waals surface area (Å²) >= 11 is 0. The van der Waals surface area contributed by atoms with Crippen molar-refractivity contribution in [2.45, 2.75) is 13.0 Å². The van der Waals surface area contributed by atoms with Gasteiger partial charge in [0.05, 0.1) is 11.1 Å². The van der Waals surface area contributed by atoms with Crippen LogP contribution in [-0.4, -0.2) is 46.2 Å². The number of pyridine rings is 1. The van der Waals surface area contributed by atoms with Crippen LogP contribution in [0.4, 0.5) is 11.6 Å². The van der Waals surface area contributed by atoms with Gasteiger partial charge in [-0.15, -0.1) is 0 Å². The Kier molecular flexibility index (Phi) is 3.84. The Morgan fingerprint density at radius 3 is 2.48 bits per heavy atom. The quantitative estimate of drug-likeness (QED) is 0.784. The Hall–Kier alpha value is -3.75. The minimum atomic E-state index is -1.04. The van der Waals surface area contributed by atoms with Gasteiger partial charge in [-0.05, 0) is 31.2 Å². The Bertz CT molecular complexity index is 968. The molecule has 2 N–H and O–H groups in total. The van der Waals surface area contributed by atoms with Crippen LogP contribution in [-0.2, 0) is 9.59 Å². The van der Waals surface area contributed by atoms with Gasteiger partial charge in [-0.2, -0.15) is 0 Å². The molecule has 0 spiro atoms. The molecule has 4 amide bonds. The number of hydrogen-bond acceptors (Lipinski definition) is 6. The highest BCUT2D eigenvalue weighted by Gasteiger charge is 2.40. The molecule has 0 radical (unpaired) electrons. The summed E-state index contributed by atoms with van der Waals surface area (Å²) in [7, 11) is 0. The zero-order valence-electron chi connectivity index (χ0n) is 14.2. The number of nitrogens with one attached hydrogen (secondary N) is 2. The van der Waals surface area contributed by atoms with E-state index in [2.05, 4.69) is 15.6 Å². The van der Waals surface area contributed by atoms with Crippen LogP contribution in [0.3, 0.4) is 0 Å². The van der Waals surface area contributed by atoms with Crippen LogP contribution in [0.1, 0.15) is 27.6 Å². The van der Waals surface area contributed by atoms with Gasteiger partial charge in [0.25, 0.3) is 17.7 Å². The van der Waals surface area contributed by atoms with Gasteiger partial charge in [0.2, 0.25) is 5.91 Å². The maximum atomic E-state index is 12.6. The number of nitrogens with zero attached hydrogens (tertiary/aromatic N) is 2. The predicted molar refractivity (Wildman–Crippen MR) is 93.4 cm³/mol. The lowest BCUT2D eigenvalue weighted by atomic mass is 10.1. The SMILES string of the molecule is CC(C(=O)Nc1ccc2c(n1)NC(=O)CO2)N1C(=O)c2ccccc2C1=O. The average molecular weight is 366 g/mol. The molecule has 9 nitrogen and oxygen atoms in total. The second-order valence-electron chi connectivity index (χ2n) is 6.07. The molecule has 136 valence electrons. The summed E-state index contributed by atoms with van der Waals surface area (Å²) < 4.78 is 5.20. The van der Waals surface area contributed by atoms with Gasteiger partial charge in [-0.1, -0.05) is 12.1 Å². The highest BCUT2D eigenvalue weighted by Crippen LogP contribution is 2.28. The third-order valence-electron chi connectivity index (χ3n) is 4.32. The van der Waals surface area contributed by atoms with E-state index in [9.17, 15) is 19.2 Å². The number of carbonyl (C=O) groups excluding carboxylic acids is 4. The maximum absolute atomic E-state index is 12.6. The van der Waals surface area contributed by atoms with Crippen molar-refractivity contribution >= 4 is 35.3 Å². The fraction of sp³-hybridized carbons (Fsp3) is 0.167. The van der Waals surface area contributed by atoms with Gasteiger partial charge in [-0.25, -0.2) is 4.98 Å². The molecule has 2 aliphatic rings. The molecule has 3 heterocycles. The molecule has 0 aliphatic carbocycles. The summed E-state index contributed by atoms with van der Waals surface area (Å²) in [6.07, 6.45) is 0. The van der Waals surface area contributed by atoms with Crippen molar-refractivity contribution in [3.05, 3.63) is 47.5 Å². The molecule has 9 heteroatoms. The van der Waals surface area contributed by atoms with Crippen molar-refractivity contribution in [2.75, 3.05) is 17.2 Å². The van der Waals surface area contributed by atoms with E-state index < -0.39 is 23.8 Å². The number of imide groups is 1. The molecule has 2 aliphatic heterocycles. The van der Waals surface area contributed by atoms with Gasteiger partial charge >= 0.3 is 0 Å². The summed E-state index contributed by atoms with van der Waals surface area (Å²) in [6.45, 7) is 1.36. The molecule has 0 saturated heterocycles. The van der Waals surface area contributed by atoms with Gasteiger partial charge in [0, 0.05) is 0 Å². The van der Waals surface area contributed by atoms with Crippen molar-refractivity contribution in [1.82, 2.24) is 9.88 Å². The summed E-state index contributed by atoms with van der Waals surface area (Å²) in [5.41, 5.74) is 0.544. The normalized spacial score (nSPS) is 16.2. The van der Waals surface area contributed by atoms with Crippen molar-refractivity contribution in [2.24, 2.45) is 0 Å². The highest BCUT2D eigenvalue weighted by atomic mass is 16.5. The van der Waals surface area contributed by atoms with Crippen LogP contribution in [0.15, 0.2) is 36.4 Å². The van der Waals surface area contributed by atoms with E-state index >= 15 is 0 Å². The van der Waals surface area contributed by atoms with Gasteiger partial charge in [0.1, 0.15) is 11.9 Å². The molecule has 1 atom stereocenters. The van der Waals surface area contributed by atoms with Crippen LogP contribution in [0.5, 0.6) is 5.75 Å². The first-order chi connectivity index (χ1) is 13.0. The van der Waals surface area contributed by atoms with Gasteiger partial charge < -0.3 is 15.4 Å². The van der Waals surface area contributed by atoms with E-state index in [1.807, 2.05) is 0 Å². The number of rotatable bonds is 3. The molecule has 1 unspecified atom stereocenters. The number of aromatic nitrogens is 1. The lowest BCUT2D eigenvalue weighted by molar-refractivity contribution is -0.119. The van der Waals surface area contributed by atoms with Crippen molar-refractivity contribution < 1.29 is 23.9 Å². The first-order valence-corrected chi connectivity index (χ1v) is 8.17. The number of carbonyl (C=O) groups is 4. The standard InChI is InChI=1S/C18H14N4O5/c1-9(22-17(25)10-4-2-3-5-11(10)18(22)26)16(24)20-13-7-6-12-15(19-13)21-14(23)8-27-12/h2-7,9H,8H2,1H3,(H2,19,20,21,23,24). The zero-order chi connectivity index (χ0) is 19.1. The Labute approximate surface area is 153 Å². The number of anilines is 2. The monoisotopic (exact) mass is 366 g/mol. The molecular formula is C18H14N4O5. The third kappa shape index (κ3) is 2.78. The lowest BCUT2D eigenvalue weighted by Gasteiger charge is -2.22. The molecule has 27 heavy (non-hydrogen) atoms. The molecule has 0 fully saturated rings. The molecule has 0 bridgehead atoms. The average Bonchev–Trinajstić information content (AvgIpc) is 2.92. The van der Waals surface area contributed by atoms with E-state index in [4.69, 9.17) is 4.74 Å². The third-order valence-corrected chi connectivity index (χ3v) is 4.32. The second-order valence-corrected chi connectivity index (χ2v) is 6.07. The van der Waals surface area contributed by atoms with Gasteiger partial charge in [-0.3, -0.25) is 24.1 Å². The van der Waals surface area contributed by atoms with Gasteiger partial charge in [0.15, 0.2) is 18.2 Å². The smallest absolute Gasteiger partial charge is 0.263 e. The Balaban J connectivity index is 1.52.